The highest BCUT2D eigenvalue weighted by Crippen LogP contribution is 2.22. The van der Waals surface area contributed by atoms with Gasteiger partial charge in [0.25, 0.3) is 0 Å². The van der Waals surface area contributed by atoms with Crippen LogP contribution in [0.25, 0.3) is 11.3 Å². The number of nitrogens with one attached hydrogen (secondary N) is 2. The molecule has 2 aliphatic heterocycles. The zero-order valence-corrected chi connectivity index (χ0v) is 17.3. The van der Waals surface area contributed by atoms with Crippen molar-refractivity contribution in [2.75, 3.05) is 36.5 Å². The Labute approximate surface area is 176 Å². The molecule has 2 N–H and O–H groups in total. The number of amides is 2. The lowest BCUT2D eigenvalue weighted by Gasteiger charge is -2.30. The molecule has 158 valence electrons. The SMILES string of the molecule is CC1CC(=O)N(CC(=O)Nc2ccc(-c3ccc(N4CCCCC4)nn3)cc2)CN1. The van der Waals surface area contributed by atoms with E-state index in [2.05, 4.69) is 25.7 Å². The molecule has 0 aliphatic carbocycles. The van der Waals surface area contributed by atoms with E-state index in [1.165, 1.54) is 24.2 Å². The van der Waals surface area contributed by atoms with Gasteiger partial charge in [-0.2, -0.15) is 0 Å². The Balaban J connectivity index is 1.33. The second kappa shape index (κ2) is 9.21. The molecule has 2 aliphatic rings. The quantitative estimate of drug-likeness (QED) is 0.789. The Hall–Kier alpha value is -3.00. The standard InChI is InChI=1S/C22H28N6O2/c1-16-13-22(30)28(15-23-16)14-21(29)24-18-7-5-17(6-8-18)19-9-10-20(26-25-19)27-11-3-2-4-12-27/h5-10,16,23H,2-4,11-15H2,1H3,(H,24,29). The van der Waals surface area contributed by atoms with Gasteiger partial charge in [0.1, 0.15) is 6.54 Å². The van der Waals surface area contributed by atoms with Crippen molar-refractivity contribution in [1.29, 1.82) is 0 Å². The summed E-state index contributed by atoms with van der Waals surface area (Å²) < 4.78 is 0. The number of nitrogens with zero attached hydrogens (tertiary/aromatic N) is 4. The van der Waals surface area contributed by atoms with Crippen LogP contribution in [-0.4, -0.2) is 59.3 Å². The molecular weight excluding hydrogens is 380 g/mol. The van der Waals surface area contributed by atoms with E-state index in [9.17, 15) is 9.59 Å². The van der Waals surface area contributed by atoms with E-state index in [-0.39, 0.29) is 24.4 Å². The Morgan fingerprint density at radius 3 is 2.53 bits per heavy atom. The summed E-state index contributed by atoms with van der Waals surface area (Å²) in [5.41, 5.74) is 2.43. The fraction of sp³-hybridized carbons (Fsp3) is 0.455. The normalized spacial score (nSPS) is 19.6. The molecule has 8 heteroatoms. The Morgan fingerprint density at radius 2 is 1.87 bits per heavy atom. The van der Waals surface area contributed by atoms with Crippen LogP contribution in [-0.2, 0) is 9.59 Å². The number of rotatable bonds is 5. The van der Waals surface area contributed by atoms with Crippen molar-refractivity contribution in [3.8, 4) is 11.3 Å². The van der Waals surface area contributed by atoms with Gasteiger partial charge in [0.2, 0.25) is 11.8 Å². The number of carbonyl (C=O) groups excluding carboxylic acids is 2. The maximum atomic E-state index is 12.3. The lowest BCUT2D eigenvalue weighted by Crippen LogP contribution is -2.51. The van der Waals surface area contributed by atoms with Gasteiger partial charge in [0, 0.05) is 36.8 Å². The molecule has 0 spiro atoms. The van der Waals surface area contributed by atoms with Gasteiger partial charge in [-0.3, -0.25) is 14.9 Å². The monoisotopic (exact) mass is 408 g/mol. The van der Waals surface area contributed by atoms with Crippen LogP contribution >= 0.6 is 0 Å². The minimum absolute atomic E-state index is 0.00155. The summed E-state index contributed by atoms with van der Waals surface area (Å²) in [6, 6.07) is 11.7. The van der Waals surface area contributed by atoms with E-state index in [0.717, 1.165) is 30.2 Å². The molecule has 2 saturated heterocycles. The van der Waals surface area contributed by atoms with Crippen molar-refractivity contribution in [2.24, 2.45) is 0 Å². The van der Waals surface area contributed by atoms with Gasteiger partial charge in [-0.05, 0) is 50.5 Å². The number of hydrogen-bond acceptors (Lipinski definition) is 6. The minimum Gasteiger partial charge on any atom is -0.355 e. The molecule has 1 unspecified atom stereocenters. The molecule has 1 atom stereocenters. The average Bonchev–Trinajstić information content (AvgIpc) is 2.77. The van der Waals surface area contributed by atoms with Gasteiger partial charge in [-0.25, -0.2) is 0 Å². The van der Waals surface area contributed by atoms with E-state index in [0.29, 0.717) is 18.8 Å². The lowest BCUT2D eigenvalue weighted by atomic mass is 10.1. The topological polar surface area (TPSA) is 90.5 Å². The number of piperidine rings is 1. The Morgan fingerprint density at radius 1 is 1.10 bits per heavy atom. The third-order valence-electron chi connectivity index (χ3n) is 5.59. The first-order valence-corrected chi connectivity index (χ1v) is 10.6. The highest BCUT2D eigenvalue weighted by Gasteiger charge is 2.24. The van der Waals surface area contributed by atoms with Crippen LogP contribution in [0.5, 0.6) is 0 Å². The fourth-order valence-corrected chi connectivity index (χ4v) is 3.83. The van der Waals surface area contributed by atoms with Crippen LogP contribution in [0, 0.1) is 0 Å². The smallest absolute Gasteiger partial charge is 0.244 e. The number of hydrogen-bond donors (Lipinski definition) is 2. The van der Waals surface area contributed by atoms with E-state index in [1.54, 1.807) is 0 Å². The zero-order valence-electron chi connectivity index (χ0n) is 17.3. The summed E-state index contributed by atoms with van der Waals surface area (Å²) in [5, 5.41) is 14.8. The summed E-state index contributed by atoms with van der Waals surface area (Å²) in [7, 11) is 0. The van der Waals surface area contributed by atoms with Crippen molar-refractivity contribution in [2.45, 2.75) is 38.6 Å². The summed E-state index contributed by atoms with van der Waals surface area (Å²) >= 11 is 0. The number of anilines is 2. The third kappa shape index (κ3) is 4.94. The fourth-order valence-electron chi connectivity index (χ4n) is 3.83. The predicted octanol–water partition coefficient (Wildman–Crippen LogP) is 2.24. The Bertz CT molecular complexity index is 878. The summed E-state index contributed by atoms with van der Waals surface area (Å²) in [4.78, 5) is 28.1. The van der Waals surface area contributed by atoms with Crippen LogP contribution in [0.1, 0.15) is 32.6 Å². The summed E-state index contributed by atoms with van der Waals surface area (Å²) in [6.45, 7) is 4.49. The van der Waals surface area contributed by atoms with E-state index >= 15 is 0 Å². The molecule has 1 aromatic heterocycles. The second-order valence-electron chi connectivity index (χ2n) is 8.01. The molecule has 3 heterocycles. The average molecular weight is 409 g/mol. The first-order chi connectivity index (χ1) is 14.6. The van der Waals surface area contributed by atoms with Gasteiger partial charge < -0.3 is 15.1 Å². The van der Waals surface area contributed by atoms with Gasteiger partial charge in [-0.15, -0.1) is 10.2 Å². The van der Waals surface area contributed by atoms with Crippen LogP contribution in [0.2, 0.25) is 0 Å². The highest BCUT2D eigenvalue weighted by molar-refractivity contribution is 5.94. The first-order valence-electron chi connectivity index (χ1n) is 10.6. The maximum Gasteiger partial charge on any atom is 0.244 e. The molecule has 30 heavy (non-hydrogen) atoms. The van der Waals surface area contributed by atoms with Crippen molar-refractivity contribution >= 4 is 23.3 Å². The number of benzene rings is 1. The van der Waals surface area contributed by atoms with Gasteiger partial charge in [-0.1, -0.05) is 12.1 Å². The van der Waals surface area contributed by atoms with Gasteiger partial charge in [0.05, 0.1) is 12.4 Å². The number of carbonyl (C=O) groups is 2. The maximum absolute atomic E-state index is 12.3. The largest absolute Gasteiger partial charge is 0.355 e. The molecule has 0 radical (unpaired) electrons. The molecular formula is C22H28N6O2. The van der Waals surface area contributed by atoms with Crippen molar-refractivity contribution in [3.05, 3.63) is 36.4 Å². The molecule has 8 nitrogen and oxygen atoms in total. The van der Waals surface area contributed by atoms with E-state index in [4.69, 9.17) is 0 Å². The van der Waals surface area contributed by atoms with Crippen molar-refractivity contribution in [3.63, 3.8) is 0 Å². The molecule has 0 saturated carbocycles. The zero-order chi connectivity index (χ0) is 20.9. The van der Waals surface area contributed by atoms with E-state index in [1.807, 2.05) is 43.3 Å². The molecule has 0 bridgehead atoms. The first kappa shape index (κ1) is 20.3. The second-order valence-corrected chi connectivity index (χ2v) is 8.01. The highest BCUT2D eigenvalue weighted by atomic mass is 16.2. The molecule has 2 aromatic rings. The minimum atomic E-state index is -0.210. The molecule has 4 rings (SSSR count). The lowest BCUT2D eigenvalue weighted by molar-refractivity contribution is -0.137. The van der Waals surface area contributed by atoms with E-state index < -0.39 is 0 Å². The number of aromatic nitrogens is 2. The predicted molar refractivity (Wildman–Crippen MR) is 116 cm³/mol. The van der Waals surface area contributed by atoms with Crippen LogP contribution in [0.4, 0.5) is 11.5 Å². The molecule has 2 fully saturated rings. The van der Waals surface area contributed by atoms with Crippen LogP contribution in [0.15, 0.2) is 36.4 Å². The van der Waals surface area contributed by atoms with Gasteiger partial charge >= 0.3 is 0 Å². The summed E-state index contributed by atoms with van der Waals surface area (Å²) in [6.07, 6.45) is 4.12. The van der Waals surface area contributed by atoms with Crippen molar-refractivity contribution < 1.29 is 9.59 Å². The van der Waals surface area contributed by atoms with Crippen molar-refractivity contribution in [1.82, 2.24) is 20.4 Å². The Kier molecular flexibility index (Phi) is 6.23. The van der Waals surface area contributed by atoms with Crippen LogP contribution < -0.4 is 15.5 Å². The van der Waals surface area contributed by atoms with Crippen LogP contribution in [0.3, 0.4) is 0 Å². The molecule has 2 amide bonds. The van der Waals surface area contributed by atoms with Gasteiger partial charge in [0.15, 0.2) is 5.82 Å². The summed E-state index contributed by atoms with van der Waals surface area (Å²) in [5.74, 6) is 0.718. The third-order valence-corrected chi connectivity index (χ3v) is 5.59. The molecule has 1 aromatic carbocycles.